The highest BCUT2D eigenvalue weighted by molar-refractivity contribution is 5.76. The number of carbonyl (C=O) groups is 1. The fraction of sp³-hybridized carbons (Fsp3) is 0.588. The van der Waals surface area contributed by atoms with Gasteiger partial charge in [-0.25, -0.2) is 0 Å². The minimum atomic E-state index is 0.189. The predicted octanol–water partition coefficient (Wildman–Crippen LogP) is 2.83. The van der Waals surface area contributed by atoms with Crippen LogP contribution in [-0.4, -0.2) is 25.0 Å². The van der Waals surface area contributed by atoms with E-state index in [9.17, 15) is 4.79 Å². The summed E-state index contributed by atoms with van der Waals surface area (Å²) in [7, 11) is 0. The summed E-state index contributed by atoms with van der Waals surface area (Å²) in [6.45, 7) is 3.76. The molecule has 3 heteroatoms. The molecule has 1 fully saturated rings. The minimum absolute atomic E-state index is 0.189. The molecular formula is C17H26N2O. The largest absolute Gasteiger partial charge is 0.353 e. The van der Waals surface area contributed by atoms with Crippen molar-refractivity contribution in [3.63, 3.8) is 0 Å². The zero-order valence-corrected chi connectivity index (χ0v) is 12.4. The Morgan fingerprint density at radius 3 is 2.50 bits per heavy atom. The van der Waals surface area contributed by atoms with Gasteiger partial charge in [-0.15, -0.1) is 0 Å². The number of amides is 1. The molecule has 1 aromatic carbocycles. The second kappa shape index (κ2) is 8.05. The maximum absolute atomic E-state index is 11.8. The molecule has 0 atom stereocenters. The maximum atomic E-state index is 11.8. The van der Waals surface area contributed by atoms with Crippen LogP contribution in [0.25, 0.3) is 0 Å². The second-order valence-corrected chi connectivity index (χ2v) is 5.63. The summed E-state index contributed by atoms with van der Waals surface area (Å²) in [5.74, 6) is 0.861. The van der Waals surface area contributed by atoms with Crippen LogP contribution in [0.5, 0.6) is 0 Å². The van der Waals surface area contributed by atoms with Gasteiger partial charge in [0.05, 0.1) is 0 Å². The smallest absolute Gasteiger partial charge is 0.221 e. The Balaban J connectivity index is 1.70. The molecule has 0 saturated heterocycles. The molecule has 0 aromatic heterocycles. The summed E-state index contributed by atoms with van der Waals surface area (Å²) in [5.41, 5.74) is 1.45. The molecule has 110 valence electrons. The van der Waals surface area contributed by atoms with Gasteiger partial charge in [0.2, 0.25) is 5.91 Å². The van der Waals surface area contributed by atoms with Crippen LogP contribution in [0, 0.1) is 0 Å². The molecule has 1 aliphatic carbocycles. The van der Waals surface area contributed by atoms with Crippen LogP contribution in [0.1, 0.15) is 50.5 Å². The summed E-state index contributed by atoms with van der Waals surface area (Å²) in [4.78, 5) is 11.8. The van der Waals surface area contributed by atoms with Crippen molar-refractivity contribution in [1.29, 1.82) is 0 Å². The van der Waals surface area contributed by atoms with Gasteiger partial charge >= 0.3 is 0 Å². The lowest BCUT2D eigenvalue weighted by molar-refractivity contribution is -0.121. The Labute approximate surface area is 122 Å². The lowest BCUT2D eigenvalue weighted by Crippen LogP contribution is -2.38. The maximum Gasteiger partial charge on any atom is 0.221 e. The average molecular weight is 274 g/mol. The van der Waals surface area contributed by atoms with E-state index in [-0.39, 0.29) is 5.91 Å². The van der Waals surface area contributed by atoms with E-state index < -0.39 is 0 Å². The molecule has 3 nitrogen and oxygen atoms in total. The van der Waals surface area contributed by atoms with Crippen molar-refractivity contribution >= 4 is 5.91 Å². The SMILES string of the molecule is CCNCCC(=O)NC1CCC(c2ccccc2)CC1. The van der Waals surface area contributed by atoms with Gasteiger partial charge in [-0.3, -0.25) is 4.79 Å². The van der Waals surface area contributed by atoms with Crippen LogP contribution < -0.4 is 10.6 Å². The minimum Gasteiger partial charge on any atom is -0.353 e. The molecular weight excluding hydrogens is 248 g/mol. The van der Waals surface area contributed by atoms with Gasteiger partial charge in [-0.05, 0) is 43.7 Å². The van der Waals surface area contributed by atoms with E-state index in [2.05, 4.69) is 47.9 Å². The van der Waals surface area contributed by atoms with Gasteiger partial charge in [-0.1, -0.05) is 37.3 Å². The number of hydrogen-bond acceptors (Lipinski definition) is 2. The molecule has 2 N–H and O–H groups in total. The van der Waals surface area contributed by atoms with Gasteiger partial charge in [0.1, 0.15) is 0 Å². The fourth-order valence-electron chi connectivity index (χ4n) is 2.97. The van der Waals surface area contributed by atoms with E-state index in [1.165, 1.54) is 18.4 Å². The van der Waals surface area contributed by atoms with E-state index in [1.807, 2.05) is 0 Å². The van der Waals surface area contributed by atoms with Gasteiger partial charge in [-0.2, -0.15) is 0 Å². The van der Waals surface area contributed by atoms with Crippen LogP contribution in [-0.2, 0) is 4.79 Å². The number of benzene rings is 1. The highest BCUT2D eigenvalue weighted by Crippen LogP contribution is 2.32. The third kappa shape index (κ3) is 4.64. The normalized spacial score (nSPS) is 22.4. The first-order valence-electron chi connectivity index (χ1n) is 7.84. The molecule has 0 heterocycles. The van der Waals surface area contributed by atoms with Crippen molar-refractivity contribution in [2.24, 2.45) is 0 Å². The molecule has 0 spiro atoms. The zero-order valence-electron chi connectivity index (χ0n) is 12.4. The Hall–Kier alpha value is -1.35. The first-order valence-corrected chi connectivity index (χ1v) is 7.84. The number of carbonyl (C=O) groups excluding carboxylic acids is 1. The first kappa shape index (κ1) is 15.0. The summed E-state index contributed by atoms with van der Waals surface area (Å²) in [5, 5.41) is 6.35. The molecule has 1 aromatic rings. The van der Waals surface area contributed by atoms with E-state index in [0.29, 0.717) is 18.4 Å². The Morgan fingerprint density at radius 2 is 1.85 bits per heavy atom. The number of hydrogen-bond donors (Lipinski definition) is 2. The highest BCUT2D eigenvalue weighted by Gasteiger charge is 2.23. The molecule has 1 amide bonds. The first-order chi connectivity index (χ1) is 9.79. The van der Waals surface area contributed by atoms with Crippen LogP contribution in [0.3, 0.4) is 0 Å². The van der Waals surface area contributed by atoms with Crippen molar-refractivity contribution in [1.82, 2.24) is 10.6 Å². The molecule has 0 radical (unpaired) electrons. The van der Waals surface area contributed by atoms with Crippen molar-refractivity contribution < 1.29 is 4.79 Å². The van der Waals surface area contributed by atoms with E-state index in [4.69, 9.17) is 0 Å². The standard InChI is InChI=1S/C17H26N2O/c1-2-18-13-12-17(20)19-16-10-8-15(9-11-16)14-6-4-3-5-7-14/h3-7,15-16,18H,2,8-13H2,1H3,(H,19,20). The third-order valence-corrected chi connectivity index (χ3v) is 4.14. The number of rotatable bonds is 6. The average Bonchev–Trinajstić information content (AvgIpc) is 2.49. The lowest BCUT2D eigenvalue weighted by atomic mass is 9.82. The quantitative estimate of drug-likeness (QED) is 0.783. The van der Waals surface area contributed by atoms with Crippen LogP contribution in [0.2, 0.25) is 0 Å². The van der Waals surface area contributed by atoms with Crippen molar-refractivity contribution in [3.05, 3.63) is 35.9 Å². The number of nitrogens with one attached hydrogen (secondary N) is 2. The van der Waals surface area contributed by atoms with Gasteiger partial charge in [0.15, 0.2) is 0 Å². The Bertz CT molecular complexity index is 397. The van der Waals surface area contributed by atoms with E-state index in [0.717, 1.165) is 25.9 Å². The van der Waals surface area contributed by atoms with Crippen LogP contribution in [0.15, 0.2) is 30.3 Å². The molecule has 20 heavy (non-hydrogen) atoms. The summed E-state index contributed by atoms with van der Waals surface area (Å²) < 4.78 is 0. The van der Waals surface area contributed by atoms with Gasteiger partial charge in [0, 0.05) is 19.0 Å². The van der Waals surface area contributed by atoms with Crippen molar-refractivity contribution in [2.45, 2.75) is 51.0 Å². The zero-order chi connectivity index (χ0) is 14.2. The summed E-state index contributed by atoms with van der Waals surface area (Å²) in [6, 6.07) is 11.1. The van der Waals surface area contributed by atoms with E-state index >= 15 is 0 Å². The van der Waals surface area contributed by atoms with Crippen molar-refractivity contribution in [3.8, 4) is 0 Å². The monoisotopic (exact) mass is 274 g/mol. The summed E-state index contributed by atoms with van der Waals surface area (Å²) >= 11 is 0. The lowest BCUT2D eigenvalue weighted by Gasteiger charge is -2.29. The molecule has 2 rings (SSSR count). The van der Waals surface area contributed by atoms with E-state index in [1.54, 1.807) is 0 Å². The molecule has 0 unspecified atom stereocenters. The topological polar surface area (TPSA) is 41.1 Å². The Kier molecular flexibility index (Phi) is 6.06. The van der Waals surface area contributed by atoms with Crippen LogP contribution >= 0.6 is 0 Å². The van der Waals surface area contributed by atoms with Gasteiger partial charge in [0.25, 0.3) is 0 Å². The third-order valence-electron chi connectivity index (χ3n) is 4.14. The molecule has 0 bridgehead atoms. The molecule has 1 saturated carbocycles. The van der Waals surface area contributed by atoms with Crippen LogP contribution in [0.4, 0.5) is 0 Å². The molecule has 0 aliphatic heterocycles. The highest BCUT2D eigenvalue weighted by atomic mass is 16.1. The Morgan fingerprint density at radius 1 is 1.15 bits per heavy atom. The predicted molar refractivity (Wildman–Crippen MR) is 82.7 cm³/mol. The van der Waals surface area contributed by atoms with Crippen molar-refractivity contribution in [2.75, 3.05) is 13.1 Å². The van der Waals surface area contributed by atoms with Gasteiger partial charge < -0.3 is 10.6 Å². The fourth-order valence-corrected chi connectivity index (χ4v) is 2.97. The summed E-state index contributed by atoms with van der Waals surface area (Å²) in [6.07, 6.45) is 5.16. The second-order valence-electron chi connectivity index (χ2n) is 5.63. The molecule has 1 aliphatic rings.